The lowest BCUT2D eigenvalue weighted by molar-refractivity contribution is 0.251. The van der Waals surface area contributed by atoms with Crippen LogP contribution < -0.4 is 10.6 Å². The fourth-order valence-corrected chi connectivity index (χ4v) is 2.20. The normalized spacial score (nSPS) is 14.0. The van der Waals surface area contributed by atoms with Crippen molar-refractivity contribution in [3.8, 4) is 0 Å². The van der Waals surface area contributed by atoms with Crippen LogP contribution in [-0.2, 0) is 6.54 Å². The maximum absolute atomic E-state index is 11.7. The third-order valence-corrected chi connectivity index (χ3v) is 3.36. The Hall–Kier alpha value is -2.30. The second-order valence-electron chi connectivity index (χ2n) is 5.00. The summed E-state index contributed by atoms with van der Waals surface area (Å²) in [5.41, 5.74) is 0.798. The first kappa shape index (κ1) is 12.7. The lowest BCUT2D eigenvalue weighted by atomic mass is 10.3. The molecule has 1 fully saturated rings. The van der Waals surface area contributed by atoms with E-state index in [1.54, 1.807) is 0 Å². The van der Waals surface area contributed by atoms with Crippen LogP contribution in [0, 0.1) is 0 Å². The third-order valence-electron chi connectivity index (χ3n) is 3.36. The van der Waals surface area contributed by atoms with Gasteiger partial charge in [0.1, 0.15) is 5.82 Å². The van der Waals surface area contributed by atoms with Gasteiger partial charge in [0.2, 0.25) is 0 Å². The molecule has 0 spiro atoms. The Labute approximate surface area is 118 Å². The van der Waals surface area contributed by atoms with Gasteiger partial charge in [0.25, 0.3) is 0 Å². The van der Waals surface area contributed by atoms with Gasteiger partial charge in [-0.3, -0.25) is 0 Å². The molecule has 0 unspecified atom stereocenters. The maximum Gasteiger partial charge on any atom is 0.319 e. The number of benzene rings is 1. The standard InChI is InChI=1S/C15H18N4O/c20-15(18-13-4-2-1-3-5-13)17-9-11-19-10-8-16-14(19)12-6-7-12/h1-5,8,10,12H,6-7,9,11H2,(H2,17,18,20). The van der Waals surface area contributed by atoms with Crippen molar-refractivity contribution in [2.45, 2.75) is 25.3 Å². The van der Waals surface area contributed by atoms with Crippen molar-refractivity contribution in [3.05, 3.63) is 48.5 Å². The van der Waals surface area contributed by atoms with Gasteiger partial charge in [0.15, 0.2) is 0 Å². The molecular formula is C15H18N4O. The van der Waals surface area contributed by atoms with Crippen molar-refractivity contribution in [2.75, 3.05) is 11.9 Å². The number of imidazole rings is 1. The first-order valence-corrected chi connectivity index (χ1v) is 6.94. The zero-order chi connectivity index (χ0) is 13.8. The largest absolute Gasteiger partial charge is 0.336 e. The number of urea groups is 1. The third kappa shape index (κ3) is 3.17. The summed E-state index contributed by atoms with van der Waals surface area (Å²) in [5.74, 6) is 1.78. The molecular weight excluding hydrogens is 252 g/mol. The van der Waals surface area contributed by atoms with E-state index in [-0.39, 0.29) is 6.03 Å². The molecule has 1 aliphatic carbocycles. The van der Waals surface area contributed by atoms with Gasteiger partial charge in [-0.05, 0) is 25.0 Å². The summed E-state index contributed by atoms with van der Waals surface area (Å²) in [5, 5.41) is 5.65. The molecule has 1 aromatic heterocycles. The minimum atomic E-state index is -0.177. The van der Waals surface area contributed by atoms with Gasteiger partial charge in [-0.25, -0.2) is 9.78 Å². The molecule has 0 aliphatic heterocycles. The molecule has 5 nitrogen and oxygen atoms in total. The van der Waals surface area contributed by atoms with Gasteiger partial charge in [0, 0.05) is 37.1 Å². The molecule has 104 valence electrons. The van der Waals surface area contributed by atoms with Gasteiger partial charge in [-0.15, -0.1) is 0 Å². The van der Waals surface area contributed by atoms with E-state index >= 15 is 0 Å². The van der Waals surface area contributed by atoms with E-state index in [1.807, 2.05) is 42.7 Å². The van der Waals surface area contributed by atoms with Crippen LogP contribution in [0.1, 0.15) is 24.6 Å². The molecule has 0 bridgehead atoms. The molecule has 1 aromatic carbocycles. The predicted octanol–water partition coefficient (Wildman–Crippen LogP) is 2.58. The number of nitrogens with one attached hydrogen (secondary N) is 2. The number of rotatable bonds is 5. The zero-order valence-electron chi connectivity index (χ0n) is 11.2. The number of aromatic nitrogens is 2. The van der Waals surface area contributed by atoms with Crippen LogP contribution in [0.5, 0.6) is 0 Å². The van der Waals surface area contributed by atoms with E-state index in [9.17, 15) is 4.79 Å². The summed E-state index contributed by atoms with van der Waals surface area (Å²) in [6.07, 6.45) is 6.28. The summed E-state index contributed by atoms with van der Waals surface area (Å²) in [4.78, 5) is 16.1. The molecule has 0 radical (unpaired) electrons. The Balaban J connectivity index is 1.45. The van der Waals surface area contributed by atoms with Crippen molar-refractivity contribution >= 4 is 11.7 Å². The molecule has 3 rings (SSSR count). The summed E-state index contributed by atoms with van der Waals surface area (Å²) in [6, 6.07) is 9.25. The van der Waals surface area contributed by atoms with Crippen molar-refractivity contribution in [1.82, 2.24) is 14.9 Å². The Bertz CT molecular complexity index is 575. The number of hydrogen-bond acceptors (Lipinski definition) is 2. The lowest BCUT2D eigenvalue weighted by Gasteiger charge is -2.09. The Kier molecular flexibility index (Phi) is 3.67. The number of amides is 2. The van der Waals surface area contributed by atoms with Crippen molar-refractivity contribution in [3.63, 3.8) is 0 Å². The predicted molar refractivity (Wildman–Crippen MR) is 77.7 cm³/mol. The first-order chi connectivity index (χ1) is 9.83. The summed E-state index contributed by atoms with van der Waals surface area (Å²) >= 11 is 0. The monoisotopic (exact) mass is 270 g/mol. The summed E-state index contributed by atoms with van der Waals surface area (Å²) < 4.78 is 2.13. The molecule has 0 saturated heterocycles. The number of carbonyl (C=O) groups excluding carboxylic acids is 1. The highest BCUT2D eigenvalue weighted by molar-refractivity contribution is 5.89. The van der Waals surface area contributed by atoms with Crippen LogP contribution in [0.2, 0.25) is 0 Å². The van der Waals surface area contributed by atoms with Crippen molar-refractivity contribution < 1.29 is 4.79 Å². The van der Waals surface area contributed by atoms with Crippen LogP contribution in [0.3, 0.4) is 0 Å². The van der Waals surface area contributed by atoms with Crippen LogP contribution >= 0.6 is 0 Å². The molecule has 1 aliphatic rings. The van der Waals surface area contributed by atoms with E-state index in [0.717, 1.165) is 18.1 Å². The fraction of sp³-hybridized carbons (Fsp3) is 0.333. The fourth-order valence-electron chi connectivity index (χ4n) is 2.20. The minimum absolute atomic E-state index is 0.177. The average Bonchev–Trinajstić information content (AvgIpc) is 3.20. The Morgan fingerprint density at radius 3 is 2.85 bits per heavy atom. The maximum atomic E-state index is 11.7. The van der Waals surface area contributed by atoms with Gasteiger partial charge < -0.3 is 15.2 Å². The van der Waals surface area contributed by atoms with E-state index in [2.05, 4.69) is 20.2 Å². The SMILES string of the molecule is O=C(NCCn1ccnc1C1CC1)Nc1ccccc1. The molecule has 2 aromatic rings. The number of carbonyl (C=O) groups is 1. The quantitative estimate of drug-likeness (QED) is 0.877. The van der Waals surface area contributed by atoms with E-state index in [1.165, 1.54) is 12.8 Å². The number of anilines is 1. The number of para-hydroxylation sites is 1. The number of nitrogens with zero attached hydrogens (tertiary/aromatic N) is 2. The highest BCUT2D eigenvalue weighted by Gasteiger charge is 2.27. The summed E-state index contributed by atoms with van der Waals surface area (Å²) in [6.45, 7) is 1.35. The van der Waals surface area contributed by atoms with Crippen molar-refractivity contribution in [2.24, 2.45) is 0 Å². The van der Waals surface area contributed by atoms with Crippen LogP contribution in [0.4, 0.5) is 10.5 Å². The molecule has 1 heterocycles. The number of hydrogen-bond donors (Lipinski definition) is 2. The highest BCUT2D eigenvalue weighted by Crippen LogP contribution is 2.38. The second-order valence-corrected chi connectivity index (χ2v) is 5.00. The average molecular weight is 270 g/mol. The van der Waals surface area contributed by atoms with Crippen LogP contribution in [0.25, 0.3) is 0 Å². The molecule has 0 atom stereocenters. The molecule has 20 heavy (non-hydrogen) atoms. The van der Waals surface area contributed by atoms with E-state index < -0.39 is 0 Å². The van der Waals surface area contributed by atoms with Crippen LogP contribution in [-0.4, -0.2) is 22.1 Å². The van der Waals surface area contributed by atoms with Gasteiger partial charge in [-0.1, -0.05) is 18.2 Å². The van der Waals surface area contributed by atoms with Crippen molar-refractivity contribution in [1.29, 1.82) is 0 Å². The van der Waals surface area contributed by atoms with Crippen LogP contribution in [0.15, 0.2) is 42.7 Å². The second kappa shape index (κ2) is 5.77. The first-order valence-electron chi connectivity index (χ1n) is 6.94. The van der Waals surface area contributed by atoms with E-state index in [4.69, 9.17) is 0 Å². The zero-order valence-corrected chi connectivity index (χ0v) is 11.2. The van der Waals surface area contributed by atoms with Gasteiger partial charge in [0.05, 0.1) is 0 Å². The molecule has 2 amide bonds. The van der Waals surface area contributed by atoms with E-state index in [0.29, 0.717) is 12.5 Å². The van der Waals surface area contributed by atoms with Gasteiger partial charge in [-0.2, -0.15) is 0 Å². The Morgan fingerprint density at radius 1 is 1.30 bits per heavy atom. The lowest BCUT2D eigenvalue weighted by Crippen LogP contribution is -2.31. The van der Waals surface area contributed by atoms with Gasteiger partial charge >= 0.3 is 6.03 Å². The summed E-state index contributed by atoms with van der Waals surface area (Å²) in [7, 11) is 0. The molecule has 1 saturated carbocycles. The smallest absolute Gasteiger partial charge is 0.319 e. The topological polar surface area (TPSA) is 59.0 Å². The molecule has 2 N–H and O–H groups in total. The Morgan fingerprint density at radius 2 is 2.10 bits per heavy atom. The highest BCUT2D eigenvalue weighted by atomic mass is 16.2. The molecule has 5 heteroatoms. The minimum Gasteiger partial charge on any atom is -0.336 e.